The molecule has 9 heteroatoms. The number of benzene rings is 2. The summed E-state index contributed by atoms with van der Waals surface area (Å²) < 4.78 is 71.5. The molecule has 0 N–H and O–H groups in total. The summed E-state index contributed by atoms with van der Waals surface area (Å²) in [7, 11) is -6.49. The van der Waals surface area contributed by atoms with Crippen molar-refractivity contribution in [2.45, 2.75) is 25.1 Å². The van der Waals surface area contributed by atoms with Crippen molar-refractivity contribution >= 4 is 23.4 Å². The van der Waals surface area contributed by atoms with Crippen LogP contribution in [0.2, 0.25) is 19.6 Å². The molecule has 142 valence electrons. The minimum Gasteiger partial charge on any atom is -0.497 e. The van der Waals surface area contributed by atoms with Crippen molar-refractivity contribution in [3.05, 3.63) is 42.5 Å². The van der Waals surface area contributed by atoms with Gasteiger partial charge in [0.15, 0.2) is 0 Å². The number of rotatable bonds is 5. The van der Waals surface area contributed by atoms with Crippen LogP contribution in [0.3, 0.4) is 0 Å². The second kappa shape index (κ2) is 6.96. The average molecular weight is 404 g/mol. The highest BCUT2D eigenvalue weighted by Crippen LogP contribution is 2.35. The van der Waals surface area contributed by atoms with E-state index in [9.17, 15) is 21.6 Å². The molecule has 0 saturated heterocycles. The van der Waals surface area contributed by atoms with Crippen LogP contribution in [0, 0.1) is 0 Å². The molecule has 2 aromatic carbocycles. The van der Waals surface area contributed by atoms with Gasteiger partial charge in [0, 0.05) is 5.56 Å². The number of methoxy groups -OCH3 is 1. The fourth-order valence-electron chi connectivity index (χ4n) is 2.37. The van der Waals surface area contributed by atoms with Crippen molar-refractivity contribution in [1.29, 1.82) is 0 Å². The number of halogens is 3. The van der Waals surface area contributed by atoms with Crippen molar-refractivity contribution in [3.8, 4) is 22.6 Å². The van der Waals surface area contributed by atoms with Crippen LogP contribution in [-0.4, -0.2) is 29.1 Å². The SMILES string of the molecule is COc1ccc(-c2cccc([Si](C)(C)C)c2OS(=O)(=O)C(F)(F)F)cc1. The first-order valence-corrected chi connectivity index (χ1v) is 12.6. The second-order valence-electron chi connectivity index (χ2n) is 6.64. The van der Waals surface area contributed by atoms with Gasteiger partial charge >= 0.3 is 15.6 Å². The maximum absolute atomic E-state index is 12.9. The van der Waals surface area contributed by atoms with Crippen LogP contribution in [0.25, 0.3) is 11.1 Å². The smallest absolute Gasteiger partial charge is 0.497 e. The van der Waals surface area contributed by atoms with Crippen molar-refractivity contribution in [2.75, 3.05) is 7.11 Å². The Balaban J connectivity index is 2.69. The molecule has 2 aromatic rings. The Kier molecular flexibility index (Phi) is 5.43. The summed E-state index contributed by atoms with van der Waals surface area (Å²) in [6, 6.07) is 11.4. The molecule has 0 fully saturated rings. The highest BCUT2D eigenvalue weighted by atomic mass is 32.2. The Bertz CT molecular complexity index is 886. The molecule has 0 bridgehead atoms. The van der Waals surface area contributed by atoms with Crippen LogP contribution in [0.15, 0.2) is 42.5 Å². The van der Waals surface area contributed by atoms with Crippen LogP contribution >= 0.6 is 0 Å². The summed E-state index contributed by atoms with van der Waals surface area (Å²) in [5, 5.41) is 0.485. The van der Waals surface area contributed by atoms with Crippen LogP contribution < -0.4 is 14.1 Å². The number of hydrogen-bond acceptors (Lipinski definition) is 4. The van der Waals surface area contributed by atoms with Gasteiger partial charge in [0.2, 0.25) is 0 Å². The lowest BCUT2D eigenvalue weighted by Crippen LogP contribution is -2.40. The molecule has 0 aliphatic heterocycles. The van der Waals surface area contributed by atoms with Crippen molar-refractivity contribution in [2.24, 2.45) is 0 Å². The van der Waals surface area contributed by atoms with Gasteiger partial charge in [-0.1, -0.05) is 50.0 Å². The van der Waals surface area contributed by atoms with E-state index in [4.69, 9.17) is 4.74 Å². The first kappa shape index (κ1) is 20.3. The summed E-state index contributed by atoms with van der Waals surface area (Å²) in [6.07, 6.45) is 0. The third kappa shape index (κ3) is 4.21. The molecule has 4 nitrogen and oxygen atoms in total. The zero-order chi connectivity index (χ0) is 19.8. The zero-order valence-electron chi connectivity index (χ0n) is 14.7. The lowest BCUT2D eigenvalue weighted by molar-refractivity contribution is -0.0499. The van der Waals surface area contributed by atoms with E-state index in [1.807, 2.05) is 19.6 Å². The molecular formula is C17H19F3O4SSi. The summed E-state index contributed by atoms with van der Waals surface area (Å²) in [6.45, 7) is 5.69. The number of ether oxygens (including phenoxy) is 1. The third-order valence-corrected chi connectivity index (χ3v) is 6.66. The average Bonchev–Trinajstić information content (AvgIpc) is 2.53. The van der Waals surface area contributed by atoms with Gasteiger partial charge in [-0.2, -0.15) is 21.6 Å². The van der Waals surface area contributed by atoms with Gasteiger partial charge in [-0.15, -0.1) is 0 Å². The van der Waals surface area contributed by atoms with Crippen LogP contribution in [0.5, 0.6) is 11.5 Å². The zero-order valence-corrected chi connectivity index (χ0v) is 16.5. The van der Waals surface area contributed by atoms with Crippen LogP contribution in [-0.2, 0) is 10.1 Å². The summed E-state index contributed by atoms with van der Waals surface area (Å²) >= 11 is 0. The molecule has 0 radical (unpaired) electrons. The molecule has 0 saturated carbocycles. The Morgan fingerprint density at radius 1 is 0.962 bits per heavy atom. The molecule has 2 rings (SSSR count). The second-order valence-corrected chi connectivity index (χ2v) is 13.2. The Hall–Kier alpha value is -2.00. The predicted octanol–water partition coefficient (Wildman–Crippen LogP) is 4.14. The van der Waals surface area contributed by atoms with Crippen LogP contribution in [0.1, 0.15) is 0 Å². The molecule has 0 unspecified atom stereocenters. The van der Waals surface area contributed by atoms with Gasteiger partial charge in [-0.05, 0) is 22.9 Å². The van der Waals surface area contributed by atoms with Crippen molar-refractivity contribution in [1.82, 2.24) is 0 Å². The number of alkyl halides is 3. The minimum atomic E-state index is -5.78. The summed E-state index contributed by atoms with van der Waals surface area (Å²) in [4.78, 5) is 0. The van der Waals surface area contributed by atoms with Gasteiger partial charge < -0.3 is 8.92 Å². The van der Waals surface area contributed by atoms with E-state index in [-0.39, 0.29) is 11.3 Å². The van der Waals surface area contributed by atoms with E-state index in [1.54, 1.807) is 36.4 Å². The van der Waals surface area contributed by atoms with E-state index in [0.717, 1.165) is 0 Å². The lowest BCUT2D eigenvalue weighted by Gasteiger charge is -2.23. The molecule has 0 aliphatic rings. The highest BCUT2D eigenvalue weighted by molar-refractivity contribution is 7.88. The van der Waals surface area contributed by atoms with E-state index in [2.05, 4.69) is 4.18 Å². The van der Waals surface area contributed by atoms with Gasteiger partial charge in [-0.3, -0.25) is 0 Å². The maximum atomic E-state index is 12.9. The van der Waals surface area contributed by atoms with E-state index >= 15 is 0 Å². The predicted molar refractivity (Wildman–Crippen MR) is 97.0 cm³/mol. The Labute approximate surface area is 151 Å². The fourth-order valence-corrected chi connectivity index (χ4v) is 4.40. The van der Waals surface area contributed by atoms with Gasteiger partial charge in [0.05, 0.1) is 15.2 Å². The molecule has 0 atom stereocenters. The monoisotopic (exact) mass is 404 g/mol. The maximum Gasteiger partial charge on any atom is 0.534 e. The quantitative estimate of drug-likeness (QED) is 0.427. The Morgan fingerprint density at radius 2 is 1.54 bits per heavy atom. The molecule has 0 heterocycles. The van der Waals surface area contributed by atoms with E-state index < -0.39 is 23.7 Å². The normalized spacial score (nSPS) is 12.7. The fraction of sp³-hybridized carbons (Fsp3) is 0.294. The van der Waals surface area contributed by atoms with Gasteiger partial charge in [0.1, 0.15) is 11.5 Å². The van der Waals surface area contributed by atoms with Gasteiger partial charge in [0.25, 0.3) is 0 Å². The van der Waals surface area contributed by atoms with E-state index in [0.29, 0.717) is 16.5 Å². The molecule has 0 spiro atoms. The van der Waals surface area contributed by atoms with Crippen LogP contribution in [0.4, 0.5) is 13.2 Å². The summed E-state index contributed by atoms with van der Waals surface area (Å²) in [5.41, 5.74) is -4.70. The highest BCUT2D eigenvalue weighted by Gasteiger charge is 2.49. The molecular weight excluding hydrogens is 385 g/mol. The van der Waals surface area contributed by atoms with Crippen molar-refractivity contribution < 1.29 is 30.5 Å². The van der Waals surface area contributed by atoms with Gasteiger partial charge in [-0.25, -0.2) is 0 Å². The number of hydrogen-bond donors (Lipinski definition) is 0. The van der Waals surface area contributed by atoms with Crippen molar-refractivity contribution in [3.63, 3.8) is 0 Å². The Morgan fingerprint density at radius 3 is 2.00 bits per heavy atom. The number of para-hydroxylation sites is 1. The largest absolute Gasteiger partial charge is 0.534 e. The summed E-state index contributed by atoms with van der Waals surface area (Å²) in [5.74, 6) is 0.301. The van der Waals surface area contributed by atoms with E-state index in [1.165, 1.54) is 13.2 Å². The standard InChI is InChI=1S/C17H19F3O4SSi/c1-23-13-10-8-12(9-11-13)14-6-5-7-15(26(2,3)4)16(14)24-25(21,22)17(18,19)20/h5-11H,1-4H3. The first-order valence-electron chi connectivity index (χ1n) is 7.65. The molecule has 0 aliphatic carbocycles. The topological polar surface area (TPSA) is 52.6 Å². The third-order valence-electron chi connectivity index (χ3n) is 3.70. The molecule has 0 aromatic heterocycles. The molecule has 26 heavy (non-hydrogen) atoms. The molecule has 0 amide bonds. The first-order chi connectivity index (χ1) is 11.9. The minimum absolute atomic E-state index is 0.269. The lowest BCUT2D eigenvalue weighted by atomic mass is 10.0.